The van der Waals surface area contributed by atoms with Gasteiger partial charge in [0, 0.05) is 0 Å². The molecule has 1 saturated carbocycles. The van der Waals surface area contributed by atoms with Crippen molar-refractivity contribution in [3.05, 3.63) is 0 Å². The number of rotatable bonds is 3. The van der Waals surface area contributed by atoms with Crippen LogP contribution >= 0.6 is 0 Å². The molecular formula is C11H23N. The lowest BCUT2D eigenvalue weighted by Crippen LogP contribution is -2.24. The summed E-state index contributed by atoms with van der Waals surface area (Å²) in [5.74, 6) is 1.96. The van der Waals surface area contributed by atoms with Crippen molar-refractivity contribution >= 4 is 0 Å². The van der Waals surface area contributed by atoms with Gasteiger partial charge in [0.05, 0.1) is 0 Å². The monoisotopic (exact) mass is 169 g/mol. The molecule has 12 heavy (non-hydrogen) atoms. The van der Waals surface area contributed by atoms with E-state index in [4.69, 9.17) is 0 Å². The van der Waals surface area contributed by atoms with E-state index in [-0.39, 0.29) is 0 Å². The Morgan fingerprint density at radius 1 is 1.08 bits per heavy atom. The second-order valence-corrected chi connectivity index (χ2v) is 4.12. The molecule has 2 atom stereocenters. The fourth-order valence-corrected chi connectivity index (χ4v) is 2.53. The molecule has 1 aliphatic carbocycles. The average molecular weight is 169 g/mol. The zero-order valence-electron chi connectivity index (χ0n) is 8.60. The molecule has 0 aromatic rings. The molecule has 0 radical (unpaired) electrons. The maximum absolute atomic E-state index is 3.33. The third-order valence-electron chi connectivity index (χ3n) is 3.31. The van der Waals surface area contributed by atoms with Gasteiger partial charge in [0.1, 0.15) is 0 Å². The Hall–Kier alpha value is -0.0400. The lowest BCUT2D eigenvalue weighted by molar-refractivity contribution is 0.297. The van der Waals surface area contributed by atoms with Gasteiger partial charge in [-0.25, -0.2) is 0 Å². The molecule has 0 aliphatic heterocycles. The average Bonchev–Trinajstić information content (AvgIpc) is 2.30. The molecule has 72 valence electrons. The van der Waals surface area contributed by atoms with Crippen LogP contribution in [0, 0.1) is 11.8 Å². The molecule has 0 amide bonds. The Morgan fingerprint density at radius 2 is 1.75 bits per heavy atom. The maximum Gasteiger partial charge on any atom is -0.00209 e. The van der Waals surface area contributed by atoms with Crippen LogP contribution < -0.4 is 5.32 Å². The minimum Gasteiger partial charge on any atom is -0.319 e. The molecule has 1 N–H and O–H groups in total. The first-order valence-corrected chi connectivity index (χ1v) is 5.53. The highest BCUT2D eigenvalue weighted by molar-refractivity contribution is 4.74. The van der Waals surface area contributed by atoms with Crippen LogP contribution in [-0.4, -0.2) is 13.6 Å². The summed E-state index contributed by atoms with van der Waals surface area (Å²) in [7, 11) is 2.08. The minimum absolute atomic E-state index is 0.961. The first-order valence-electron chi connectivity index (χ1n) is 5.53. The first kappa shape index (κ1) is 10.0. The van der Waals surface area contributed by atoms with Gasteiger partial charge < -0.3 is 5.32 Å². The van der Waals surface area contributed by atoms with E-state index < -0.39 is 0 Å². The van der Waals surface area contributed by atoms with Crippen LogP contribution in [0.3, 0.4) is 0 Å². The van der Waals surface area contributed by atoms with Crippen LogP contribution in [0.2, 0.25) is 0 Å². The summed E-state index contributed by atoms with van der Waals surface area (Å²) < 4.78 is 0. The predicted octanol–water partition coefficient (Wildman–Crippen LogP) is 2.81. The number of nitrogens with one attached hydrogen (secondary N) is 1. The third-order valence-corrected chi connectivity index (χ3v) is 3.31. The van der Waals surface area contributed by atoms with Crippen LogP contribution in [0.4, 0.5) is 0 Å². The summed E-state index contributed by atoms with van der Waals surface area (Å²) in [4.78, 5) is 0. The SMILES string of the molecule is CCC1CCCCCC1CNC. The second kappa shape index (κ2) is 5.58. The van der Waals surface area contributed by atoms with Gasteiger partial charge in [-0.3, -0.25) is 0 Å². The van der Waals surface area contributed by atoms with Gasteiger partial charge in [-0.1, -0.05) is 39.0 Å². The fourth-order valence-electron chi connectivity index (χ4n) is 2.53. The fraction of sp³-hybridized carbons (Fsp3) is 1.00. The molecule has 0 heterocycles. The van der Waals surface area contributed by atoms with Crippen LogP contribution in [0.1, 0.15) is 45.4 Å². The summed E-state index contributed by atoms with van der Waals surface area (Å²) >= 11 is 0. The van der Waals surface area contributed by atoms with Gasteiger partial charge in [0.2, 0.25) is 0 Å². The summed E-state index contributed by atoms with van der Waals surface area (Å²) in [6, 6.07) is 0. The van der Waals surface area contributed by atoms with Crippen molar-refractivity contribution in [2.45, 2.75) is 45.4 Å². The van der Waals surface area contributed by atoms with Gasteiger partial charge in [-0.2, -0.15) is 0 Å². The maximum atomic E-state index is 3.33. The van der Waals surface area contributed by atoms with Crippen molar-refractivity contribution in [3.63, 3.8) is 0 Å². The number of hydrogen-bond acceptors (Lipinski definition) is 1. The highest BCUT2D eigenvalue weighted by atomic mass is 14.8. The Balaban J connectivity index is 2.39. The van der Waals surface area contributed by atoms with E-state index in [0.717, 1.165) is 11.8 Å². The Labute approximate surface area is 76.9 Å². The zero-order chi connectivity index (χ0) is 8.81. The van der Waals surface area contributed by atoms with E-state index >= 15 is 0 Å². The zero-order valence-corrected chi connectivity index (χ0v) is 8.60. The second-order valence-electron chi connectivity index (χ2n) is 4.12. The highest BCUT2D eigenvalue weighted by Gasteiger charge is 2.20. The Kier molecular flexibility index (Phi) is 4.67. The largest absolute Gasteiger partial charge is 0.319 e. The Morgan fingerprint density at radius 3 is 2.33 bits per heavy atom. The van der Waals surface area contributed by atoms with Crippen LogP contribution in [0.5, 0.6) is 0 Å². The molecule has 1 heteroatoms. The predicted molar refractivity (Wildman–Crippen MR) is 54.3 cm³/mol. The normalized spacial score (nSPS) is 31.5. The smallest absolute Gasteiger partial charge is 0.00209 e. The summed E-state index contributed by atoms with van der Waals surface area (Å²) in [5, 5.41) is 3.33. The standard InChI is InChI=1S/C11H23N/c1-3-10-7-5-4-6-8-11(10)9-12-2/h10-12H,3-9H2,1-2H3. The lowest BCUT2D eigenvalue weighted by atomic mass is 9.86. The molecule has 0 spiro atoms. The number of hydrogen-bond donors (Lipinski definition) is 1. The minimum atomic E-state index is 0.961. The van der Waals surface area contributed by atoms with Crippen LogP contribution in [-0.2, 0) is 0 Å². The Bertz CT molecular complexity index is 112. The molecule has 0 saturated heterocycles. The van der Waals surface area contributed by atoms with Crippen molar-refractivity contribution in [1.82, 2.24) is 5.32 Å². The van der Waals surface area contributed by atoms with Crippen LogP contribution in [0.15, 0.2) is 0 Å². The summed E-state index contributed by atoms with van der Waals surface area (Å²) in [6.45, 7) is 3.58. The molecule has 0 bridgehead atoms. The van der Waals surface area contributed by atoms with Crippen molar-refractivity contribution in [3.8, 4) is 0 Å². The molecule has 0 aromatic heterocycles. The topological polar surface area (TPSA) is 12.0 Å². The van der Waals surface area contributed by atoms with Gasteiger partial charge >= 0.3 is 0 Å². The van der Waals surface area contributed by atoms with E-state index in [1.54, 1.807) is 0 Å². The first-order chi connectivity index (χ1) is 5.88. The van der Waals surface area contributed by atoms with Crippen molar-refractivity contribution in [2.75, 3.05) is 13.6 Å². The van der Waals surface area contributed by atoms with Gasteiger partial charge in [0.15, 0.2) is 0 Å². The third kappa shape index (κ3) is 2.78. The van der Waals surface area contributed by atoms with Crippen molar-refractivity contribution in [2.24, 2.45) is 11.8 Å². The summed E-state index contributed by atoms with van der Waals surface area (Å²) in [5.41, 5.74) is 0. The van der Waals surface area contributed by atoms with Gasteiger partial charge in [-0.05, 0) is 31.8 Å². The van der Waals surface area contributed by atoms with E-state index in [2.05, 4.69) is 19.3 Å². The summed E-state index contributed by atoms with van der Waals surface area (Å²) in [6.07, 6.45) is 8.72. The molecule has 2 unspecified atom stereocenters. The van der Waals surface area contributed by atoms with Gasteiger partial charge in [-0.15, -0.1) is 0 Å². The van der Waals surface area contributed by atoms with E-state index in [0.29, 0.717) is 0 Å². The van der Waals surface area contributed by atoms with Gasteiger partial charge in [0.25, 0.3) is 0 Å². The van der Waals surface area contributed by atoms with E-state index in [1.807, 2.05) is 0 Å². The molecule has 1 aliphatic rings. The molecule has 0 aromatic carbocycles. The lowest BCUT2D eigenvalue weighted by Gasteiger charge is -2.23. The van der Waals surface area contributed by atoms with Crippen molar-refractivity contribution < 1.29 is 0 Å². The molecule has 1 nitrogen and oxygen atoms in total. The highest BCUT2D eigenvalue weighted by Crippen LogP contribution is 2.30. The van der Waals surface area contributed by atoms with E-state index in [9.17, 15) is 0 Å². The molecule has 1 rings (SSSR count). The van der Waals surface area contributed by atoms with E-state index in [1.165, 1.54) is 45.1 Å². The van der Waals surface area contributed by atoms with Crippen molar-refractivity contribution in [1.29, 1.82) is 0 Å². The quantitative estimate of drug-likeness (QED) is 0.641. The van der Waals surface area contributed by atoms with Crippen LogP contribution in [0.25, 0.3) is 0 Å². The molecular weight excluding hydrogens is 146 g/mol. The molecule has 1 fully saturated rings.